The Morgan fingerprint density at radius 2 is 1.89 bits per heavy atom. The summed E-state index contributed by atoms with van der Waals surface area (Å²) in [5.74, 6) is -0.165. The predicted molar refractivity (Wildman–Crippen MR) is 75.6 cm³/mol. The van der Waals surface area contributed by atoms with Crippen LogP contribution in [0.1, 0.15) is 12.5 Å². The molecule has 0 aromatic heterocycles. The Morgan fingerprint density at radius 3 is 2.44 bits per heavy atom. The van der Waals surface area contributed by atoms with Gasteiger partial charge in [0.25, 0.3) is 0 Å². The largest absolute Gasteiger partial charge is 0.373 e. The molecule has 18 heavy (non-hydrogen) atoms. The highest BCUT2D eigenvalue weighted by molar-refractivity contribution is 5.54. The van der Waals surface area contributed by atoms with Gasteiger partial charge in [0.05, 0.1) is 0 Å². The maximum Gasteiger partial charge on any atom is 0.128 e. The third-order valence-corrected chi connectivity index (χ3v) is 2.91. The standard InChI is InChI=1S/C14H24FN3/c1-11(16)10-12-13(15)6-5-7-14(12)18(4)9-8-17(2)3/h5-7,11H,8-10,16H2,1-4H3. The zero-order valence-corrected chi connectivity index (χ0v) is 11.8. The highest BCUT2D eigenvalue weighted by Crippen LogP contribution is 2.23. The van der Waals surface area contributed by atoms with E-state index in [1.165, 1.54) is 6.07 Å². The van der Waals surface area contributed by atoms with Crippen molar-refractivity contribution in [3.63, 3.8) is 0 Å². The molecule has 0 amide bonds. The SMILES string of the molecule is CC(N)Cc1c(F)cccc1N(C)CCN(C)C. The van der Waals surface area contributed by atoms with Crippen molar-refractivity contribution in [1.82, 2.24) is 4.90 Å². The van der Waals surface area contributed by atoms with Gasteiger partial charge in [0, 0.05) is 37.4 Å². The number of anilines is 1. The van der Waals surface area contributed by atoms with Gasteiger partial charge in [0.1, 0.15) is 5.82 Å². The highest BCUT2D eigenvalue weighted by atomic mass is 19.1. The average molecular weight is 253 g/mol. The summed E-state index contributed by atoms with van der Waals surface area (Å²) in [5, 5.41) is 0. The molecule has 1 aromatic carbocycles. The summed E-state index contributed by atoms with van der Waals surface area (Å²) in [6, 6.07) is 5.17. The number of hydrogen-bond acceptors (Lipinski definition) is 3. The van der Waals surface area contributed by atoms with Crippen LogP contribution in [-0.4, -0.2) is 45.2 Å². The first-order valence-corrected chi connectivity index (χ1v) is 6.30. The summed E-state index contributed by atoms with van der Waals surface area (Å²) in [6.07, 6.45) is 0.564. The Hall–Kier alpha value is -1.13. The molecule has 0 heterocycles. The molecule has 1 atom stereocenters. The molecular weight excluding hydrogens is 229 g/mol. The van der Waals surface area contributed by atoms with Crippen molar-refractivity contribution in [2.45, 2.75) is 19.4 Å². The zero-order chi connectivity index (χ0) is 13.7. The van der Waals surface area contributed by atoms with Gasteiger partial charge in [-0.3, -0.25) is 0 Å². The van der Waals surface area contributed by atoms with Crippen LogP contribution in [-0.2, 0) is 6.42 Å². The third-order valence-electron chi connectivity index (χ3n) is 2.91. The molecule has 1 aromatic rings. The van der Waals surface area contributed by atoms with Gasteiger partial charge >= 0.3 is 0 Å². The van der Waals surface area contributed by atoms with Crippen molar-refractivity contribution in [3.8, 4) is 0 Å². The molecule has 4 heteroatoms. The molecule has 0 saturated carbocycles. The van der Waals surface area contributed by atoms with Crippen LogP contribution in [0.2, 0.25) is 0 Å². The fourth-order valence-electron chi connectivity index (χ4n) is 1.90. The number of nitrogens with two attached hydrogens (primary N) is 1. The van der Waals surface area contributed by atoms with Gasteiger partial charge in [-0.2, -0.15) is 0 Å². The lowest BCUT2D eigenvalue weighted by atomic mass is 10.0. The van der Waals surface area contributed by atoms with Gasteiger partial charge in [0.2, 0.25) is 0 Å². The second kappa shape index (κ2) is 6.71. The monoisotopic (exact) mass is 253 g/mol. The van der Waals surface area contributed by atoms with Crippen LogP contribution in [0.25, 0.3) is 0 Å². The van der Waals surface area contributed by atoms with E-state index in [9.17, 15) is 4.39 Å². The molecule has 0 fully saturated rings. The van der Waals surface area contributed by atoms with E-state index in [1.807, 2.05) is 34.1 Å². The van der Waals surface area contributed by atoms with Gasteiger partial charge in [-0.15, -0.1) is 0 Å². The van der Waals surface area contributed by atoms with Crippen LogP contribution in [0.15, 0.2) is 18.2 Å². The molecular formula is C14H24FN3. The van der Waals surface area contributed by atoms with E-state index >= 15 is 0 Å². The number of benzene rings is 1. The Bertz CT molecular complexity index is 377. The molecule has 3 nitrogen and oxygen atoms in total. The number of likely N-dealkylation sites (N-methyl/N-ethyl adjacent to an activating group) is 2. The quantitative estimate of drug-likeness (QED) is 0.838. The van der Waals surface area contributed by atoms with Crippen LogP contribution in [0.3, 0.4) is 0 Å². The number of rotatable bonds is 6. The number of hydrogen-bond donors (Lipinski definition) is 1. The average Bonchev–Trinajstić information content (AvgIpc) is 2.28. The van der Waals surface area contributed by atoms with E-state index in [0.717, 1.165) is 18.8 Å². The Balaban J connectivity index is 2.89. The van der Waals surface area contributed by atoms with Gasteiger partial charge in [-0.1, -0.05) is 6.07 Å². The minimum atomic E-state index is -0.165. The molecule has 0 bridgehead atoms. The molecule has 2 N–H and O–H groups in total. The topological polar surface area (TPSA) is 32.5 Å². The Labute approximate surface area is 109 Å². The summed E-state index contributed by atoms with van der Waals surface area (Å²) in [4.78, 5) is 4.20. The lowest BCUT2D eigenvalue weighted by Gasteiger charge is -2.25. The van der Waals surface area contributed by atoms with Crippen LogP contribution in [0.4, 0.5) is 10.1 Å². The van der Waals surface area contributed by atoms with Crippen molar-refractivity contribution in [2.75, 3.05) is 39.1 Å². The van der Waals surface area contributed by atoms with Gasteiger partial charge in [0.15, 0.2) is 0 Å². The first kappa shape index (κ1) is 14.9. The molecule has 0 spiro atoms. The summed E-state index contributed by atoms with van der Waals surface area (Å²) in [7, 11) is 6.05. The maximum absolute atomic E-state index is 13.9. The minimum Gasteiger partial charge on any atom is -0.373 e. The molecule has 0 aliphatic rings. The van der Waals surface area contributed by atoms with Gasteiger partial charge < -0.3 is 15.5 Å². The van der Waals surface area contributed by atoms with E-state index in [0.29, 0.717) is 12.0 Å². The molecule has 1 unspecified atom stereocenters. The molecule has 0 radical (unpaired) electrons. The first-order chi connectivity index (χ1) is 8.41. The Morgan fingerprint density at radius 1 is 1.22 bits per heavy atom. The summed E-state index contributed by atoms with van der Waals surface area (Å²) in [6.45, 7) is 3.70. The van der Waals surface area contributed by atoms with E-state index < -0.39 is 0 Å². The Kier molecular flexibility index (Phi) is 5.56. The van der Waals surface area contributed by atoms with E-state index in [1.54, 1.807) is 6.07 Å². The molecule has 0 aliphatic heterocycles. The molecule has 0 aliphatic carbocycles. The summed E-state index contributed by atoms with van der Waals surface area (Å²) >= 11 is 0. The van der Waals surface area contributed by atoms with Crippen molar-refractivity contribution in [3.05, 3.63) is 29.6 Å². The molecule has 0 saturated heterocycles. The lowest BCUT2D eigenvalue weighted by Crippen LogP contribution is -2.30. The smallest absolute Gasteiger partial charge is 0.128 e. The van der Waals surface area contributed by atoms with E-state index in [-0.39, 0.29) is 11.9 Å². The summed E-state index contributed by atoms with van der Waals surface area (Å²) in [5.41, 5.74) is 7.45. The van der Waals surface area contributed by atoms with E-state index in [2.05, 4.69) is 9.80 Å². The zero-order valence-electron chi connectivity index (χ0n) is 11.8. The number of halogens is 1. The minimum absolute atomic E-state index is 0.0390. The van der Waals surface area contributed by atoms with Crippen LogP contribution >= 0.6 is 0 Å². The van der Waals surface area contributed by atoms with Gasteiger partial charge in [-0.05, 0) is 39.6 Å². The van der Waals surface area contributed by atoms with Crippen LogP contribution in [0.5, 0.6) is 0 Å². The van der Waals surface area contributed by atoms with Crippen LogP contribution < -0.4 is 10.6 Å². The fourth-order valence-corrected chi connectivity index (χ4v) is 1.90. The maximum atomic E-state index is 13.9. The summed E-state index contributed by atoms with van der Waals surface area (Å²) < 4.78 is 13.9. The number of nitrogens with zero attached hydrogens (tertiary/aromatic N) is 2. The van der Waals surface area contributed by atoms with Crippen molar-refractivity contribution in [1.29, 1.82) is 0 Å². The fraction of sp³-hybridized carbons (Fsp3) is 0.571. The van der Waals surface area contributed by atoms with Gasteiger partial charge in [-0.25, -0.2) is 4.39 Å². The van der Waals surface area contributed by atoms with E-state index in [4.69, 9.17) is 5.73 Å². The second-order valence-electron chi connectivity index (χ2n) is 5.14. The molecule has 1 rings (SSSR count). The van der Waals surface area contributed by atoms with Crippen molar-refractivity contribution >= 4 is 5.69 Å². The lowest BCUT2D eigenvalue weighted by molar-refractivity contribution is 0.416. The van der Waals surface area contributed by atoms with Crippen molar-refractivity contribution in [2.24, 2.45) is 5.73 Å². The molecule has 102 valence electrons. The normalized spacial score (nSPS) is 12.8. The highest BCUT2D eigenvalue weighted by Gasteiger charge is 2.13. The van der Waals surface area contributed by atoms with Crippen LogP contribution in [0, 0.1) is 5.82 Å². The predicted octanol–water partition coefficient (Wildman–Crippen LogP) is 1.71. The second-order valence-corrected chi connectivity index (χ2v) is 5.14. The first-order valence-electron chi connectivity index (χ1n) is 6.30. The third kappa shape index (κ3) is 4.27. The van der Waals surface area contributed by atoms with Crippen molar-refractivity contribution < 1.29 is 4.39 Å².